The maximum atomic E-state index is 6.80. The smallest absolute Gasteiger partial charge is 0.146 e. The molecule has 54 heavy (non-hydrogen) atoms. The predicted molar refractivity (Wildman–Crippen MR) is 221 cm³/mol. The Morgan fingerprint density at radius 2 is 1.22 bits per heavy atom. The number of hydrogen-bond donors (Lipinski definition) is 0. The molecule has 6 aromatic carbocycles. The van der Waals surface area contributed by atoms with E-state index >= 15 is 0 Å². The lowest BCUT2D eigenvalue weighted by Crippen LogP contribution is -2.26. The Morgan fingerprint density at radius 3 is 2.04 bits per heavy atom. The summed E-state index contributed by atoms with van der Waals surface area (Å²) in [5.41, 5.74) is 13.4. The molecular weight excluding hydrogens is 661 g/mol. The molecule has 4 aromatic heterocycles. The molecule has 0 amide bonds. The van der Waals surface area contributed by atoms with E-state index in [0.29, 0.717) is 0 Å². The number of hydrogen-bond acceptors (Lipinski definition) is 3. The van der Waals surface area contributed by atoms with Crippen LogP contribution in [0.2, 0.25) is 0 Å². The fourth-order valence-corrected chi connectivity index (χ4v) is 9.03. The average molecular weight is 697 g/mol. The first-order chi connectivity index (χ1) is 26.4. The number of ether oxygens (including phenoxy) is 1. The van der Waals surface area contributed by atoms with Gasteiger partial charge in [-0.25, -0.2) is 9.97 Å². The normalized spacial score (nSPS) is 13.3. The van der Waals surface area contributed by atoms with Crippen molar-refractivity contribution in [3.63, 3.8) is 0 Å². The van der Waals surface area contributed by atoms with Crippen molar-refractivity contribution in [2.75, 3.05) is 0 Å². The highest BCUT2D eigenvalue weighted by atomic mass is 16.5. The van der Waals surface area contributed by atoms with Crippen LogP contribution in [0.4, 0.5) is 0 Å². The highest BCUT2D eigenvalue weighted by molar-refractivity contribution is 6.14. The molecule has 0 atom stereocenters. The van der Waals surface area contributed by atoms with Gasteiger partial charge in [0, 0.05) is 55.9 Å². The van der Waals surface area contributed by atoms with Crippen LogP contribution < -0.4 is 4.74 Å². The number of rotatable bonds is 4. The van der Waals surface area contributed by atoms with Gasteiger partial charge in [0.1, 0.15) is 23.0 Å². The summed E-state index contributed by atoms with van der Waals surface area (Å²) < 4.78 is 11.5. The average Bonchev–Trinajstić information content (AvgIpc) is 3.75. The molecule has 0 N–H and O–H groups in total. The zero-order valence-corrected chi connectivity index (χ0v) is 30.6. The van der Waals surface area contributed by atoms with Gasteiger partial charge in [-0.15, -0.1) is 0 Å². The predicted octanol–water partition coefficient (Wildman–Crippen LogP) is 12.5. The van der Waals surface area contributed by atoms with Crippen molar-refractivity contribution < 1.29 is 4.74 Å². The molecule has 5 heteroatoms. The second-order valence-corrected chi connectivity index (χ2v) is 15.1. The maximum absolute atomic E-state index is 6.80. The Kier molecular flexibility index (Phi) is 6.37. The largest absolute Gasteiger partial charge is 0.457 e. The highest BCUT2D eigenvalue weighted by Crippen LogP contribution is 2.48. The molecule has 0 bridgehead atoms. The van der Waals surface area contributed by atoms with Gasteiger partial charge in [-0.3, -0.25) is 8.97 Å². The second kappa shape index (κ2) is 11.1. The van der Waals surface area contributed by atoms with Crippen molar-refractivity contribution in [3.05, 3.63) is 168 Å². The lowest BCUT2D eigenvalue weighted by atomic mass is 9.76. The molecule has 0 spiro atoms. The van der Waals surface area contributed by atoms with E-state index in [0.717, 1.165) is 61.7 Å². The summed E-state index contributed by atoms with van der Waals surface area (Å²) in [6, 6.07) is 49.6. The zero-order valence-electron chi connectivity index (χ0n) is 30.6. The standard InChI is InChI=1S/C49H36N4O/c1-29-13-5-7-15-33(29)44-46(34-16-8-6-14-30(34)2)52-42-21-10-9-17-36(42)35-24-22-31(27-39(35)47(52)51-44)54-32-23-25-37-38-18-11-19-40-45(38)53(43(37)28-32)48-41(49(40,3)4)20-12-26-50-48/h5-28H,1-4H3. The summed E-state index contributed by atoms with van der Waals surface area (Å²) in [5.74, 6) is 2.50. The number of nitrogens with zero attached hydrogens (tertiary/aromatic N) is 4. The topological polar surface area (TPSA) is 44.3 Å². The van der Waals surface area contributed by atoms with Crippen LogP contribution in [0.15, 0.2) is 146 Å². The molecule has 258 valence electrons. The van der Waals surface area contributed by atoms with Crippen LogP contribution in [0.3, 0.4) is 0 Å². The highest BCUT2D eigenvalue weighted by Gasteiger charge is 2.35. The van der Waals surface area contributed by atoms with Gasteiger partial charge in [-0.05, 0) is 78.4 Å². The lowest BCUT2D eigenvalue weighted by Gasteiger charge is -2.33. The first-order valence-corrected chi connectivity index (χ1v) is 18.6. The fraction of sp³-hybridized carbons (Fsp3) is 0.102. The van der Waals surface area contributed by atoms with Crippen molar-refractivity contribution >= 4 is 49.1 Å². The summed E-state index contributed by atoms with van der Waals surface area (Å²) in [6.07, 6.45) is 1.89. The summed E-state index contributed by atoms with van der Waals surface area (Å²) in [4.78, 5) is 10.5. The third kappa shape index (κ3) is 4.21. The van der Waals surface area contributed by atoms with E-state index in [2.05, 4.69) is 170 Å². The molecule has 0 saturated heterocycles. The monoisotopic (exact) mass is 696 g/mol. The van der Waals surface area contributed by atoms with Gasteiger partial charge in [0.05, 0.1) is 27.9 Å². The van der Waals surface area contributed by atoms with Gasteiger partial charge in [-0.2, -0.15) is 0 Å². The Hall–Kier alpha value is -6.72. The minimum Gasteiger partial charge on any atom is -0.457 e. The maximum Gasteiger partial charge on any atom is 0.146 e. The molecule has 0 unspecified atom stereocenters. The van der Waals surface area contributed by atoms with E-state index in [9.17, 15) is 0 Å². The van der Waals surface area contributed by atoms with Crippen LogP contribution in [0, 0.1) is 13.8 Å². The summed E-state index contributed by atoms with van der Waals surface area (Å²) in [6.45, 7) is 8.94. The third-order valence-electron chi connectivity index (χ3n) is 11.7. The Labute approximate surface area is 312 Å². The van der Waals surface area contributed by atoms with Gasteiger partial charge in [-0.1, -0.05) is 105 Å². The second-order valence-electron chi connectivity index (χ2n) is 15.1. The third-order valence-corrected chi connectivity index (χ3v) is 11.7. The minimum absolute atomic E-state index is 0.168. The Balaban J connectivity index is 1.14. The van der Waals surface area contributed by atoms with E-state index in [4.69, 9.17) is 14.7 Å². The first-order valence-electron chi connectivity index (χ1n) is 18.6. The number of imidazole rings is 1. The molecule has 0 radical (unpaired) electrons. The van der Waals surface area contributed by atoms with Gasteiger partial charge in [0.2, 0.25) is 0 Å². The van der Waals surface area contributed by atoms with Crippen molar-refractivity contribution in [1.29, 1.82) is 0 Å². The SMILES string of the molecule is Cc1ccccc1-c1nc2c3cc(Oc4ccc5c6cccc7c6n(c5c4)-c4ncccc4C7(C)C)ccc3c3ccccc3n2c1-c1ccccc1C. The fourth-order valence-electron chi connectivity index (χ4n) is 9.03. The first kappa shape index (κ1) is 30.9. The minimum atomic E-state index is -0.168. The molecule has 1 aliphatic heterocycles. The number of fused-ring (bicyclic) bond motifs is 11. The number of para-hydroxylation sites is 2. The van der Waals surface area contributed by atoms with E-state index in [1.54, 1.807) is 0 Å². The quantitative estimate of drug-likeness (QED) is 0.172. The van der Waals surface area contributed by atoms with E-state index in [-0.39, 0.29) is 5.41 Å². The molecule has 1 aliphatic rings. The van der Waals surface area contributed by atoms with Crippen molar-refractivity contribution in [3.8, 4) is 39.8 Å². The number of aryl methyl sites for hydroxylation is 2. The van der Waals surface area contributed by atoms with Gasteiger partial charge in [0.25, 0.3) is 0 Å². The molecule has 10 aromatic rings. The van der Waals surface area contributed by atoms with Crippen LogP contribution >= 0.6 is 0 Å². The number of aromatic nitrogens is 4. The van der Waals surface area contributed by atoms with Crippen molar-refractivity contribution in [2.45, 2.75) is 33.1 Å². The molecule has 0 fully saturated rings. The van der Waals surface area contributed by atoms with E-state index < -0.39 is 0 Å². The van der Waals surface area contributed by atoms with Gasteiger partial charge in [0.15, 0.2) is 0 Å². The van der Waals surface area contributed by atoms with Crippen LogP contribution in [0.5, 0.6) is 11.5 Å². The summed E-state index contributed by atoms with van der Waals surface area (Å²) in [5, 5.41) is 5.76. The number of benzene rings is 6. The van der Waals surface area contributed by atoms with Crippen LogP contribution in [-0.4, -0.2) is 18.9 Å². The Morgan fingerprint density at radius 1 is 0.556 bits per heavy atom. The molecular formula is C49H36N4O. The molecule has 5 nitrogen and oxygen atoms in total. The molecule has 0 aliphatic carbocycles. The zero-order chi connectivity index (χ0) is 36.3. The van der Waals surface area contributed by atoms with E-state index in [1.807, 2.05) is 12.3 Å². The summed E-state index contributed by atoms with van der Waals surface area (Å²) in [7, 11) is 0. The molecule has 5 heterocycles. The summed E-state index contributed by atoms with van der Waals surface area (Å²) >= 11 is 0. The van der Waals surface area contributed by atoms with Crippen LogP contribution in [-0.2, 0) is 5.41 Å². The molecule has 11 rings (SSSR count). The van der Waals surface area contributed by atoms with Crippen molar-refractivity contribution in [2.24, 2.45) is 0 Å². The van der Waals surface area contributed by atoms with Crippen molar-refractivity contribution in [1.82, 2.24) is 18.9 Å². The van der Waals surface area contributed by atoms with Crippen LogP contribution in [0.1, 0.15) is 36.1 Å². The van der Waals surface area contributed by atoms with Crippen LogP contribution in [0.25, 0.3) is 77.5 Å². The number of pyridine rings is 2. The Bertz CT molecular complexity index is 3200. The van der Waals surface area contributed by atoms with E-state index in [1.165, 1.54) is 49.5 Å². The lowest BCUT2D eigenvalue weighted by molar-refractivity contribution is 0.484. The molecule has 0 saturated carbocycles. The van der Waals surface area contributed by atoms with Gasteiger partial charge < -0.3 is 4.74 Å². The van der Waals surface area contributed by atoms with Gasteiger partial charge >= 0.3 is 0 Å².